The molecule has 8 nitrogen and oxygen atoms in total. The molecular weight excluding hydrogens is 356 g/mol. The summed E-state index contributed by atoms with van der Waals surface area (Å²) in [5.74, 6) is 0.293. The predicted octanol–water partition coefficient (Wildman–Crippen LogP) is 1.71. The van der Waals surface area contributed by atoms with E-state index in [4.69, 9.17) is 0 Å². The third-order valence-corrected chi connectivity index (χ3v) is 4.64. The van der Waals surface area contributed by atoms with E-state index in [0.717, 1.165) is 6.42 Å². The Balaban J connectivity index is 1.86. The highest BCUT2D eigenvalue weighted by molar-refractivity contribution is 5.96. The zero-order chi connectivity index (χ0) is 20.3. The van der Waals surface area contributed by atoms with Gasteiger partial charge in [0, 0.05) is 57.7 Å². The lowest BCUT2D eigenvalue weighted by Gasteiger charge is -2.19. The van der Waals surface area contributed by atoms with Crippen LogP contribution in [0.4, 0.5) is 5.95 Å². The van der Waals surface area contributed by atoms with Crippen LogP contribution in [0, 0.1) is 0 Å². The molecule has 1 fully saturated rings. The van der Waals surface area contributed by atoms with Gasteiger partial charge in [0.15, 0.2) is 0 Å². The summed E-state index contributed by atoms with van der Waals surface area (Å²) in [5.41, 5.74) is 1.73. The van der Waals surface area contributed by atoms with Crippen molar-refractivity contribution in [3.8, 4) is 0 Å². The second kappa shape index (κ2) is 8.33. The molecule has 8 heteroatoms. The Morgan fingerprint density at radius 3 is 2.71 bits per heavy atom. The normalized spacial score (nSPS) is 16.3. The third kappa shape index (κ3) is 4.27. The van der Waals surface area contributed by atoms with E-state index in [1.807, 2.05) is 27.9 Å². The summed E-state index contributed by atoms with van der Waals surface area (Å²) in [6.07, 6.45) is 5.55. The van der Waals surface area contributed by atoms with E-state index >= 15 is 0 Å². The average molecular weight is 382 g/mol. The standard InChI is InChI=1S/C20H26N6O2/c1-13(2)23-18(27)16-11-22-20(25(3)4)24-17(16)15-7-9-26(12-15)19(28)14-6-5-8-21-10-14/h5-6,8,10-11,13,15H,7,9,12H2,1-4H3,(H,23,27). The van der Waals surface area contributed by atoms with Gasteiger partial charge in [-0.1, -0.05) is 0 Å². The van der Waals surface area contributed by atoms with Crippen LogP contribution in [0.5, 0.6) is 0 Å². The number of likely N-dealkylation sites (tertiary alicyclic amines) is 1. The van der Waals surface area contributed by atoms with Gasteiger partial charge in [-0.3, -0.25) is 14.6 Å². The first kappa shape index (κ1) is 19.7. The largest absolute Gasteiger partial charge is 0.350 e. The number of rotatable bonds is 5. The number of anilines is 1. The van der Waals surface area contributed by atoms with E-state index in [1.165, 1.54) is 0 Å². The van der Waals surface area contributed by atoms with Crippen molar-refractivity contribution in [3.05, 3.63) is 47.5 Å². The number of nitrogens with zero attached hydrogens (tertiary/aromatic N) is 5. The number of aromatic nitrogens is 3. The first-order valence-electron chi connectivity index (χ1n) is 9.41. The lowest BCUT2D eigenvalue weighted by atomic mass is 9.99. The second-order valence-electron chi connectivity index (χ2n) is 7.47. The van der Waals surface area contributed by atoms with Crippen molar-refractivity contribution in [2.24, 2.45) is 0 Å². The van der Waals surface area contributed by atoms with Gasteiger partial charge in [0.1, 0.15) is 0 Å². The molecule has 1 saturated heterocycles. The zero-order valence-corrected chi connectivity index (χ0v) is 16.7. The quantitative estimate of drug-likeness (QED) is 0.846. The van der Waals surface area contributed by atoms with Crippen molar-refractivity contribution >= 4 is 17.8 Å². The van der Waals surface area contributed by atoms with E-state index in [9.17, 15) is 9.59 Å². The summed E-state index contributed by atoms with van der Waals surface area (Å²) < 4.78 is 0. The van der Waals surface area contributed by atoms with Gasteiger partial charge in [-0.15, -0.1) is 0 Å². The van der Waals surface area contributed by atoms with Gasteiger partial charge in [0.05, 0.1) is 16.8 Å². The van der Waals surface area contributed by atoms with Crippen LogP contribution in [-0.4, -0.2) is 64.9 Å². The van der Waals surface area contributed by atoms with Crippen LogP contribution in [0.2, 0.25) is 0 Å². The van der Waals surface area contributed by atoms with E-state index in [-0.39, 0.29) is 23.8 Å². The van der Waals surface area contributed by atoms with E-state index < -0.39 is 0 Å². The van der Waals surface area contributed by atoms with Crippen LogP contribution in [-0.2, 0) is 0 Å². The first-order valence-corrected chi connectivity index (χ1v) is 9.41. The number of amides is 2. The number of carbonyl (C=O) groups is 2. The van der Waals surface area contributed by atoms with Crippen molar-refractivity contribution < 1.29 is 9.59 Å². The fraction of sp³-hybridized carbons (Fsp3) is 0.450. The Labute approximate surface area is 165 Å². The Morgan fingerprint density at radius 1 is 1.29 bits per heavy atom. The molecule has 1 aliphatic heterocycles. The minimum Gasteiger partial charge on any atom is -0.350 e. The van der Waals surface area contributed by atoms with Gasteiger partial charge >= 0.3 is 0 Å². The minimum absolute atomic E-state index is 0.0149. The molecule has 148 valence electrons. The molecule has 0 aliphatic carbocycles. The van der Waals surface area contributed by atoms with E-state index in [2.05, 4.69) is 20.3 Å². The van der Waals surface area contributed by atoms with Crippen LogP contribution in [0.15, 0.2) is 30.7 Å². The molecule has 2 aromatic heterocycles. The Bertz CT molecular complexity index is 853. The third-order valence-electron chi connectivity index (χ3n) is 4.64. The highest BCUT2D eigenvalue weighted by Gasteiger charge is 2.32. The van der Waals surface area contributed by atoms with Crippen molar-refractivity contribution in [2.45, 2.75) is 32.2 Å². The van der Waals surface area contributed by atoms with Gasteiger partial charge in [-0.05, 0) is 32.4 Å². The summed E-state index contributed by atoms with van der Waals surface area (Å²) in [7, 11) is 3.72. The summed E-state index contributed by atoms with van der Waals surface area (Å²) in [6, 6.07) is 3.53. The monoisotopic (exact) mass is 382 g/mol. The molecule has 1 aliphatic rings. The Morgan fingerprint density at radius 2 is 2.07 bits per heavy atom. The Kier molecular flexibility index (Phi) is 5.87. The molecule has 0 bridgehead atoms. The van der Waals surface area contributed by atoms with Crippen molar-refractivity contribution in [2.75, 3.05) is 32.1 Å². The molecule has 3 heterocycles. The first-order chi connectivity index (χ1) is 13.4. The summed E-state index contributed by atoms with van der Waals surface area (Å²) in [5, 5.41) is 2.91. The second-order valence-corrected chi connectivity index (χ2v) is 7.47. The smallest absolute Gasteiger partial charge is 0.255 e. The molecule has 0 radical (unpaired) electrons. The molecule has 1 N–H and O–H groups in total. The number of hydrogen-bond acceptors (Lipinski definition) is 6. The van der Waals surface area contributed by atoms with Gasteiger partial charge < -0.3 is 15.1 Å². The molecule has 1 atom stereocenters. The summed E-state index contributed by atoms with van der Waals surface area (Å²) >= 11 is 0. The van der Waals surface area contributed by atoms with Crippen LogP contribution in [0.1, 0.15) is 52.6 Å². The van der Waals surface area contributed by atoms with Crippen molar-refractivity contribution in [1.82, 2.24) is 25.2 Å². The summed E-state index contributed by atoms with van der Waals surface area (Å²) in [6.45, 7) is 4.96. The topological polar surface area (TPSA) is 91.3 Å². The van der Waals surface area contributed by atoms with Crippen LogP contribution in [0.3, 0.4) is 0 Å². The fourth-order valence-corrected chi connectivity index (χ4v) is 3.27. The molecule has 28 heavy (non-hydrogen) atoms. The molecule has 1 unspecified atom stereocenters. The predicted molar refractivity (Wildman–Crippen MR) is 106 cm³/mol. The molecule has 0 saturated carbocycles. The van der Waals surface area contributed by atoms with Crippen LogP contribution in [0.25, 0.3) is 0 Å². The Hall–Kier alpha value is -3.03. The van der Waals surface area contributed by atoms with Gasteiger partial charge in [-0.2, -0.15) is 0 Å². The number of nitrogens with one attached hydrogen (secondary N) is 1. The lowest BCUT2D eigenvalue weighted by molar-refractivity contribution is 0.0790. The molecule has 2 aromatic rings. The summed E-state index contributed by atoms with van der Waals surface area (Å²) in [4.78, 5) is 42.0. The maximum atomic E-state index is 12.7. The van der Waals surface area contributed by atoms with Gasteiger partial charge in [-0.25, -0.2) is 9.97 Å². The maximum absolute atomic E-state index is 12.7. The van der Waals surface area contributed by atoms with Gasteiger partial charge in [0.25, 0.3) is 11.8 Å². The average Bonchev–Trinajstić information content (AvgIpc) is 3.17. The molecule has 3 rings (SSSR count). The van der Waals surface area contributed by atoms with Gasteiger partial charge in [0.2, 0.25) is 5.95 Å². The molecular formula is C20H26N6O2. The number of carbonyl (C=O) groups excluding carboxylic acids is 2. The van der Waals surface area contributed by atoms with Crippen LogP contribution < -0.4 is 10.2 Å². The number of hydrogen-bond donors (Lipinski definition) is 1. The SMILES string of the molecule is CC(C)NC(=O)c1cnc(N(C)C)nc1C1CCN(C(=O)c2cccnc2)C1. The highest BCUT2D eigenvalue weighted by Crippen LogP contribution is 2.30. The number of pyridine rings is 1. The zero-order valence-electron chi connectivity index (χ0n) is 16.7. The molecule has 0 aromatic carbocycles. The lowest BCUT2D eigenvalue weighted by Crippen LogP contribution is -2.32. The minimum atomic E-state index is -0.188. The molecule has 2 amide bonds. The van der Waals surface area contributed by atoms with Crippen molar-refractivity contribution in [3.63, 3.8) is 0 Å². The maximum Gasteiger partial charge on any atom is 0.255 e. The highest BCUT2D eigenvalue weighted by atomic mass is 16.2. The molecule has 0 spiro atoms. The fourth-order valence-electron chi connectivity index (χ4n) is 3.27. The van der Waals surface area contributed by atoms with E-state index in [1.54, 1.807) is 40.5 Å². The van der Waals surface area contributed by atoms with Crippen molar-refractivity contribution in [1.29, 1.82) is 0 Å². The van der Waals surface area contributed by atoms with Crippen LogP contribution >= 0.6 is 0 Å². The van der Waals surface area contributed by atoms with E-state index in [0.29, 0.717) is 35.9 Å².